The fourth-order valence-electron chi connectivity index (χ4n) is 8.36. The first kappa shape index (κ1) is 36.6. The third-order valence-electron chi connectivity index (χ3n) is 10.8. The minimum absolute atomic E-state index is 0.312. The van der Waals surface area contributed by atoms with Crippen LogP contribution in [0.1, 0.15) is 34.4 Å². The minimum atomic E-state index is -4.59. The Bertz CT molecular complexity index is 3410. The quantitative estimate of drug-likeness (QED) is 0.171. The van der Waals surface area contributed by atoms with Crippen LogP contribution in [0.15, 0.2) is 121 Å². The summed E-state index contributed by atoms with van der Waals surface area (Å²) in [7, 11) is 0. The fraction of sp³-hybridized carbons (Fsp3) is 0.104. The largest absolute Gasteiger partial charge is 0.416 e. The molecule has 0 saturated carbocycles. The average molecular weight is 792 g/mol. The molecule has 0 atom stereocenters. The zero-order valence-corrected chi connectivity index (χ0v) is 32.7. The Morgan fingerprint density at radius 2 is 0.950 bits per heavy atom. The molecule has 12 heteroatoms. The Kier molecular flexibility index (Phi) is 8.33. The number of hydrogen-bond donors (Lipinski definition) is 0. The first-order valence-electron chi connectivity index (χ1n) is 19.2. The van der Waals surface area contributed by atoms with Crippen LogP contribution in [0, 0.1) is 39.0 Å². The number of nitriles is 1. The topological polar surface area (TPSA) is 111 Å². The molecule has 0 aliphatic rings. The Labute approximate surface area is 341 Å². The lowest BCUT2D eigenvalue weighted by Crippen LogP contribution is -2.06. The number of benzene rings is 6. The Hall–Kier alpha value is -7.78. The van der Waals surface area contributed by atoms with Gasteiger partial charge in [0.2, 0.25) is 0 Å². The highest BCUT2D eigenvalue weighted by Crippen LogP contribution is 2.43. The van der Waals surface area contributed by atoms with Crippen LogP contribution in [0.2, 0.25) is 0 Å². The second kappa shape index (κ2) is 13.7. The number of rotatable bonds is 5. The van der Waals surface area contributed by atoms with Gasteiger partial charge >= 0.3 is 6.18 Å². The Morgan fingerprint density at radius 1 is 0.467 bits per heavy atom. The number of aromatic nitrogens is 8. The molecule has 0 aliphatic carbocycles. The average Bonchev–Trinajstić information content (AvgIpc) is 3.74. The third kappa shape index (κ3) is 6.02. The molecule has 4 heterocycles. The Balaban J connectivity index is 1.31. The van der Waals surface area contributed by atoms with Gasteiger partial charge in [-0.15, -0.1) is 0 Å². The summed E-state index contributed by atoms with van der Waals surface area (Å²) in [4.78, 5) is 27.2. The van der Waals surface area contributed by atoms with Gasteiger partial charge in [-0.1, -0.05) is 72.8 Å². The van der Waals surface area contributed by atoms with Gasteiger partial charge in [-0.3, -0.25) is 0 Å². The highest BCUT2D eigenvalue weighted by Gasteiger charge is 2.31. The van der Waals surface area contributed by atoms with E-state index in [-0.39, 0.29) is 0 Å². The van der Waals surface area contributed by atoms with E-state index < -0.39 is 11.7 Å². The van der Waals surface area contributed by atoms with Crippen molar-refractivity contribution >= 4 is 43.6 Å². The van der Waals surface area contributed by atoms with Crippen molar-refractivity contribution in [3.05, 3.63) is 156 Å². The SMILES string of the molecule is Cc1nc(C)nc(-c2ccc3c4ccccc4n(-c4cc(-c5cccc(C(F)(F)F)c5)c(-n5c6ccccc6c6ccc(-c7nc(C)nc(C)n7)cc65)cc4C#N)c3c2)n1. The van der Waals surface area contributed by atoms with E-state index in [0.29, 0.717) is 63.0 Å². The summed E-state index contributed by atoms with van der Waals surface area (Å²) in [6, 6.07) is 39.1. The van der Waals surface area contributed by atoms with Crippen molar-refractivity contribution in [2.75, 3.05) is 0 Å². The lowest BCUT2D eigenvalue weighted by Gasteiger charge is -2.19. The highest BCUT2D eigenvalue weighted by atomic mass is 19.4. The summed E-state index contributed by atoms with van der Waals surface area (Å²) in [5, 5.41) is 14.8. The van der Waals surface area contributed by atoms with Crippen molar-refractivity contribution in [2.24, 2.45) is 0 Å². The normalized spacial score (nSPS) is 11.9. The van der Waals surface area contributed by atoms with Gasteiger partial charge in [0.1, 0.15) is 29.4 Å². The molecule has 10 aromatic rings. The lowest BCUT2D eigenvalue weighted by molar-refractivity contribution is -0.137. The van der Waals surface area contributed by atoms with Gasteiger partial charge in [0, 0.05) is 38.2 Å². The molecular formula is C48H32F3N9. The molecule has 6 aromatic carbocycles. The molecule has 0 spiro atoms. The number of para-hydroxylation sites is 2. The predicted molar refractivity (Wildman–Crippen MR) is 227 cm³/mol. The van der Waals surface area contributed by atoms with Crippen molar-refractivity contribution in [2.45, 2.75) is 33.9 Å². The summed E-state index contributed by atoms with van der Waals surface area (Å²) < 4.78 is 47.4. The van der Waals surface area contributed by atoms with Gasteiger partial charge in [0.15, 0.2) is 11.6 Å². The molecule has 0 aliphatic heterocycles. The van der Waals surface area contributed by atoms with Crippen molar-refractivity contribution in [3.63, 3.8) is 0 Å². The van der Waals surface area contributed by atoms with E-state index in [1.165, 1.54) is 12.1 Å². The molecule has 0 N–H and O–H groups in total. The van der Waals surface area contributed by atoms with Crippen molar-refractivity contribution in [1.82, 2.24) is 39.0 Å². The summed E-state index contributed by atoms with van der Waals surface area (Å²) in [6.07, 6.45) is -4.59. The zero-order valence-electron chi connectivity index (χ0n) is 32.7. The van der Waals surface area contributed by atoms with Crippen LogP contribution in [0.3, 0.4) is 0 Å². The van der Waals surface area contributed by atoms with Gasteiger partial charge in [0.25, 0.3) is 0 Å². The van der Waals surface area contributed by atoms with E-state index in [1.807, 2.05) is 128 Å². The molecule has 0 amide bonds. The first-order chi connectivity index (χ1) is 28.9. The Morgan fingerprint density at radius 3 is 1.45 bits per heavy atom. The number of alkyl halides is 3. The standard InChI is InChI=1S/C48H32F3N9/c1-26-53-27(2)56-46(55-26)31-16-18-37-35-12-5-7-14-40(35)59(43(37)21-31)42-24-39(30-10-9-11-34(20-30)48(49,50)51)45(23-33(42)25-52)60-41-15-8-6-13-36(41)38-19-17-32(22-44(38)60)47-57-28(3)54-29(4)58-47/h5-24H,1-4H3. The van der Waals surface area contributed by atoms with Crippen LogP contribution in [0.25, 0.3) is 88.9 Å². The molecule has 0 bridgehead atoms. The van der Waals surface area contributed by atoms with Crippen LogP contribution in [-0.4, -0.2) is 39.0 Å². The maximum Gasteiger partial charge on any atom is 0.416 e. The van der Waals surface area contributed by atoms with Gasteiger partial charge in [-0.25, -0.2) is 29.9 Å². The van der Waals surface area contributed by atoms with Crippen LogP contribution in [-0.2, 0) is 6.18 Å². The number of halogens is 3. The van der Waals surface area contributed by atoms with Gasteiger partial charge < -0.3 is 9.13 Å². The second-order valence-electron chi connectivity index (χ2n) is 14.8. The zero-order chi connectivity index (χ0) is 41.4. The van der Waals surface area contributed by atoms with Crippen molar-refractivity contribution in [1.29, 1.82) is 5.26 Å². The van der Waals surface area contributed by atoms with Gasteiger partial charge in [0.05, 0.1) is 44.6 Å². The molecule has 0 unspecified atom stereocenters. The maximum absolute atomic E-state index is 14.5. The molecule has 0 radical (unpaired) electrons. The monoisotopic (exact) mass is 791 g/mol. The summed E-state index contributed by atoms with van der Waals surface area (Å²) in [5.74, 6) is 3.33. The van der Waals surface area contributed by atoms with E-state index in [4.69, 9.17) is 0 Å². The summed E-state index contributed by atoms with van der Waals surface area (Å²) in [6.45, 7) is 7.26. The molecule has 9 nitrogen and oxygen atoms in total. The fourth-order valence-corrected chi connectivity index (χ4v) is 8.36. The molecule has 4 aromatic heterocycles. The van der Waals surface area contributed by atoms with Crippen molar-refractivity contribution < 1.29 is 13.2 Å². The highest BCUT2D eigenvalue weighted by molar-refractivity contribution is 6.12. The molecule has 0 fully saturated rings. The van der Waals surface area contributed by atoms with Gasteiger partial charge in [-0.2, -0.15) is 18.4 Å². The van der Waals surface area contributed by atoms with Crippen LogP contribution in [0.4, 0.5) is 13.2 Å². The van der Waals surface area contributed by atoms with E-state index in [2.05, 4.69) is 36.0 Å². The number of hydrogen-bond acceptors (Lipinski definition) is 7. The van der Waals surface area contributed by atoms with Crippen LogP contribution < -0.4 is 0 Å². The van der Waals surface area contributed by atoms with E-state index in [1.54, 1.807) is 12.1 Å². The lowest BCUT2D eigenvalue weighted by atomic mass is 9.97. The molecule has 10 rings (SSSR count). The summed E-state index contributed by atoms with van der Waals surface area (Å²) >= 11 is 0. The summed E-state index contributed by atoms with van der Waals surface area (Å²) in [5.41, 5.74) is 6.01. The van der Waals surface area contributed by atoms with E-state index in [9.17, 15) is 18.4 Å². The number of nitrogens with zero attached hydrogens (tertiary/aromatic N) is 9. The maximum atomic E-state index is 14.5. The van der Waals surface area contributed by atoms with Crippen LogP contribution >= 0.6 is 0 Å². The number of aryl methyl sites for hydroxylation is 4. The van der Waals surface area contributed by atoms with E-state index in [0.717, 1.165) is 60.8 Å². The number of fused-ring (bicyclic) bond motifs is 6. The molecule has 290 valence electrons. The second-order valence-corrected chi connectivity index (χ2v) is 14.8. The molecular weight excluding hydrogens is 760 g/mol. The predicted octanol–water partition coefficient (Wildman–Crippen LogP) is 11.4. The first-order valence-corrected chi connectivity index (χ1v) is 19.2. The molecule has 60 heavy (non-hydrogen) atoms. The third-order valence-corrected chi connectivity index (χ3v) is 10.8. The van der Waals surface area contributed by atoms with E-state index >= 15 is 0 Å². The smallest absolute Gasteiger partial charge is 0.309 e. The van der Waals surface area contributed by atoms with Crippen LogP contribution in [0.5, 0.6) is 0 Å². The minimum Gasteiger partial charge on any atom is -0.309 e. The van der Waals surface area contributed by atoms with Gasteiger partial charge in [-0.05, 0) is 81.8 Å². The molecule has 0 saturated heterocycles. The van der Waals surface area contributed by atoms with Crippen molar-refractivity contribution in [3.8, 4) is 51.3 Å².